The molecule has 0 unspecified atom stereocenters. The molecule has 1 aromatic carbocycles. The van der Waals surface area contributed by atoms with E-state index in [1.165, 1.54) is 11.3 Å². The van der Waals surface area contributed by atoms with Gasteiger partial charge < -0.3 is 15.0 Å². The lowest BCUT2D eigenvalue weighted by atomic mass is 10.2. The molecule has 1 saturated heterocycles. The van der Waals surface area contributed by atoms with E-state index in [4.69, 9.17) is 17.0 Å². The number of hydrogen-bond donors (Lipinski definition) is 1. The van der Waals surface area contributed by atoms with E-state index in [0.29, 0.717) is 10.6 Å². The van der Waals surface area contributed by atoms with Gasteiger partial charge >= 0.3 is 0 Å². The second-order valence-corrected chi connectivity index (χ2v) is 8.06. The highest BCUT2D eigenvalue weighted by atomic mass is 32.1. The lowest BCUT2D eigenvalue weighted by Gasteiger charge is -2.28. The third-order valence-electron chi connectivity index (χ3n) is 4.02. The topological polar surface area (TPSA) is 62.6 Å². The summed E-state index contributed by atoms with van der Waals surface area (Å²) in [7, 11) is 1.87. The van der Waals surface area contributed by atoms with Gasteiger partial charge in [0.2, 0.25) is 5.91 Å². The van der Waals surface area contributed by atoms with Crippen LogP contribution in [0.15, 0.2) is 24.3 Å². The smallest absolute Gasteiger partial charge is 0.238 e. The second kappa shape index (κ2) is 8.72. The van der Waals surface area contributed by atoms with Gasteiger partial charge in [-0.25, -0.2) is 4.68 Å². The highest BCUT2D eigenvalue weighted by molar-refractivity contribution is 7.73. The van der Waals surface area contributed by atoms with Crippen LogP contribution in [0.2, 0.25) is 0 Å². The molecule has 7 nitrogen and oxygen atoms in total. The molecular formula is C17H23N5O2S2. The first-order valence-electron chi connectivity index (χ1n) is 8.47. The Kier molecular flexibility index (Phi) is 6.36. The number of carbonyl (C=O) groups is 1. The number of carbonyl (C=O) groups excluding carboxylic acids is 1. The Hall–Kier alpha value is -1.81. The molecular weight excluding hydrogens is 370 g/mol. The normalized spacial score (nSPS) is 14.7. The van der Waals surface area contributed by atoms with E-state index >= 15 is 0 Å². The number of ether oxygens (including phenoxy) is 1. The van der Waals surface area contributed by atoms with Crippen molar-refractivity contribution in [2.24, 2.45) is 0 Å². The second-order valence-electron chi connectivity index (χ2n) is 6.24. The van der Waals surface area contributed by atoms with Crippen molar-refractivity contribution < 1.29 is 9.53 Å². The number of aryl methyl sites for hydroxylation is 1. The monoisotopic (exact) mass is 393 g/mol. The minimum absolute atomic E-state index is 0.0647. The highest BCUT2D eigenvalue weighted by Crippen LogP contribution is 2.19. The summed E-state index contributed by atoms with van der Waals surface area (Å²) >= 11 is 6.73. The molecule has 1 N–H and O–H groups in total. The molecule has 3 rings (SSSR count). The molecule has 0 bridgehead atoms. The standard InChI is InChI=1S/C17H23N5O2S2/c1-13-19-22(17(25)26-13)12-20(2)11-16(23)18-14-3-5-15(6-4-14)21-7-9-24-10-8-21/h3-6H,7-12H2,1-2H3,(H,18,23). The molecule has 1 aliphatic heterocycles. The number of likely N-dealkylation sites (N-methyl/N-ethyl adjacent to an activating group) is 1. The van der Waals surface area contributed by atoms with Gasteiger partial charge in [0.05, 0.1) is 26.4 Å². The maximum absolute atomic E-state index is 12.3. The molecule has 140 valence electrons. The van der Waals surface area contributed by atoms with Crippen molar-refractivity contribution in [3.05, 3.63) is 33.2 Å². The zero-order valence-electron chi connectivity index (χ0n) is 15.0. The lowest BCUT2D eigenvalue weighted by Crippen LogP contribution is -2.36. The van der Waals surface area contributed by atoms with Gasteiger partial charge in [0, 0.05) is 24.5 Å². The van der Waals surface area contributed by atoms with Crippen LogP contribution in [0.5, 0.6) is 0 Å². The first-order chi connectivity index (χ1) is 12.5. The maximum atomic E-state index is 12.3. The van der Waals surface area contributed by atoms with E-state index in [-0.39, 0.29) is 12.5 Å². The number of amides is 1. The fourth-order valence-corrected chi connectivity index (χ4v) is 3.86. The first-order valence-corrected chi connectivity index (χ1v) is 9.69. The van der Waals surface area contributed by atoms with E-state index in [9.17, 15) is 4.79 Å². The Labute approximate surface area is 162 Å². The zero-order valence-corrected chi connectivity index (χ0v) is 16.6. The van der Waals surface area contributed by atoms with Gasteiger partial charge in [-0.3, -0.25) is 9.69 Å². The molecule has 0 saturated carbocycles. The van der Waals surface area contributed by atoms with Gasteiger partial charge in [0.1, 0.15) is 5.01 Å². The van der Waals surface area contributed by atoms with E-state index in [1.807, 2.05) is 43.1 Å². The summed E-state index contributed by atoms with van der Waals surface area (Å²) in [5.41, 5.74) is 1.94. The molecule has 2 heterocycles. The van der Waals surface area contributed by atoms with Crippen molar-refractivity contribution in [3.63, 3.8) is 0 Å². The number of aromatic nitrogens is 2. The highest BCUT2D eigenvalue weighted by Gasteiger charge is 2.12. The van der Waals surface area contributed by atoms with Crippen LogP contribution in [0.1, 0.15) is 5.01 Å². The molecule has 26 heavy (non-hydrogen) atoms. The Morgan fingerprint density at radius 1 is 1.35 bits per heavy atom. The summed E-state index contributed by atoms with van der Waals surface area (Å²) in [5.74, 6) is -0.0647. The summed E-state index contributed by atoms with van der Waals surface area (Å²) in [6.07, 6.45) is 0. The SMILES string of the molecule is Cc1nn(CN(C)CC(=O)Nc2ccc(N3CCOCC3)cc2)c(=S)s1. The quantitative estimate of drug-likeness (QED) is 0.760. The molecule has 0 spiro atoms. The number of nitrogens with zero attached hydrogens (tertiary/aromatic N) is 4. The predicted molar refractivity (Wildman–Crippen MR) is 106 cm³/mol. The maximum Gasteiger partial charge on any atom is 0.238 e. The Bertz CT molecular complexity index is 796. The largest absolute Gasteiger partial charge is 0.378 e. The zero-order chi connectivity index (χ0) is 18.5. The van der Waals surface area contributed by atoms with Gasteiger partial charge in [-0.15, -0.1) is 0 Å². The molecule has 0 aliphatic carbocycles. The van der Waals surface area contributed by atoms with Gasteiger partial charge in [-0.05, 0) is 50.5 Å². The third-order valence-corrected chi connectivity index (χ3v) is 5.25. The van der Waals surface area contributed by atoms with E-state index in [1.54, 1.807) is 4.68 Å². The lowest BCUT2D eigenvalue weighted by molar-refractivity contribution is -0.117. The van der Waals surface area contributed by atoms with Crippen LogP contribution >= 0.6 is 23.6 Å². The van der Waals surface area contributed by atoms with E-state index < -0.39 is 0 Å². The summed E-state index contributed by atoms with van der Waals surface area (Å²) in [4.78, 5) is 16.4. The van der Waals surface area contributed by atoms with Crippen molar-refractivity contribution in [2.45, 2.75) is 13.6 Å². The number of hydrogen-bond acceptors (Lipinski definition) is 7. The average molecular weight is 394 g/mol. The van der Waals surface area contributed by atoms with Crippen LogP contribution in [-0.2, 0) is 16.2 Å². The molecule has 1 aliphatic rings. The molecule has 1 fully saturated rings. The van der Waals surface area contributed by atoms with Crippen LogP contribution in [-0.4, -0.2) is 60.5 Å². The molecule has 0 radical (unpaired) electrons. The van der Waals surface area contributed by atoms with Crippen molar-refractivity contribution >= 4 is 40.8 Å². The molecule has 0 atom stereocenters. The molecule has 1 aromatic heterocycles. The van der Waals surface area contributed by atoms with Gasteiger partial charge in [0.15, 0.2) is 3.95 Å². The van der Waals surface area contributed by atoms with Crippen LogP contribution < -0.4 is 10.2 Å². The van der Waals surface area contributed by atoms with Gasteiger partial charge in [-0.2, -0.15) is 5.10 Å². The van der Waals surface area contributed by atoms with Crippen LogP contribution in [0, 0.1) is 10.9 Å². The number of nitrogens with one attached hydrogen (secondary N) is 1. The fraction of sp³-hybridized carbons (Fsp3) is 0.471. The Balaban J connectivity index is 1.51. The number of morpholine rings is 1. The van der Waals surface area contributed by atoms with Crippen LogP contribution in [0.25, 0.3) is 0 Å². The summed E-state index contributed by atoms with van der Waals surface area (Å²) in [5, 5.41) is 8.20. The predicted octanol–water partition coefficient (Wildman–Crippen LogP) is 2.35. The van der Waals surface area contributed by atoms with Crippen molar-refractivity contribution in [2.75, 3.05) is 50.1 Å². The van der Waals surface area contributed by atoms with Crippen LogP contribution in [0.4, 0.5) is 11.4 Å². The van der Waals surface area contributed by atoms with Crippen molar-refractivity contribution in [1.29, 1.82) is 0 Å². The molecule has 9 heteroatoms. The first kappa shape index (κ1) is 19.0. The summed E-state index contributed by atoms with van der Waals surface area (Å²) < 4.78 is 7.82. The number of anilines is 2. The summed E-state index contributed by atoms with van der Waals surface area (Å²) in [6, 6.07) is 7.93. The van der Waals surface area contributed by atoms with Gasteiger partial charge in [0.25, 0.3) is 0 Å². The number of rotatable bonds is 6. The Morgan fingerprint density at radius 3 is 2.65 bits per heavy atom. The van der Waals surface area contributed by atoms with E-state index in [2.05, 4.69) is 15.3 Å². The minimum atomic E-state index is -0.0647. The van der Waals surface area contributed by atoms with Crippen molar-refractivity contribution in [1.82, 2.24) is 14.7 Å². The third kappa shape index (κ3) is 5.10. The van der Waals surface area contributed by atoms with Crippen molar-refractivity contribution in [3.8, 4) is 0 Å². The average Bonchev–Trinajstić information content (AvgIpc) is 2.93. The Morgan fingerprint density at radius 2 is 2.04 bits per heavy atom. The number of benzene rings is 1. The van der Waals surface area contributed by atoms with Gasteiger partial charge in [-0.1, -0.05) is 11.3 Å². The fourth-order valence-electron chi connectivity index (χ4n) is 2.80. The van der Waals surface area contributed by atoms with Crippen LogP contribution in [0.3, 0.4) is 0 Å². The van der Waals surface area contributed by atoms with E-state index in [0.717, 1.165) is 42.7 Å². The molecule has 2 aromatic rings. The molecule has 1 amide bonds. The summed E-state index contributed by atoms with van der Waals surface area (Å²) in [6.45, 7) is 5.99. The minimum Gasteiger partial charge on any atom is -0.378 e.